The van der Waals surface area contributed by atoms with Gasteiger partial charge in [0.2, 0.25) is 5.91 Å². The van der Waals surface area contributed by atoms with Gasteiger partial charge >= 0.3 is 5.97 Å². The third-order valence-electron chi connectivity index (χ3n) is 10.5. The summed E-state index contributed by atoms with van der Waals surface area (Å²) in [7, 11) is 0. The van der Waals surface area contributed by atoms with Gasteiger partial charge in [-0.2, -0.15) is 0 Å². The topological polar surface area (TPSA) is 79.3 Å². The first-order valence-electron chi connectivity index (χ1n) is 16.2. The highest BCUT2D eigenvalue weighted by molar-refractivity contribution is 5.77. The third kappa shape index (κ3) is 5.13. The van der Waals surface area contributed by atoms with Crippen molar-refractivity contribution in [2.75, 3.05) is 13.1 Å². The number of unbranched alkanes of at least 4 members (excludes halogenated alkanes) is 2. The van der Waals surface area contributed by atoms with Gasteiger partial charge in [0.15, 0.2) is 11.5 Å². The van der Waals surface area contributed by atoms with Crippen molar-refractivity contribution in [3.8, 4) is 17.2 Å². The average Bonchev–Trinajstić information content (AvgIpc) is 3.31. The molecular weight excluding hydrogens is 540 g/mol. The lowest BCUT2D eigenvalue weighted by molar-refractivity contribution is -0.145. The highest BCUT2D eigenvalue weighted by atomic mass is 16.6. The van der Waals surface area contributed by atoms with Crippen molar-refractivity contribution in [3.05, 3.63) is 65.7 Å². The molecule has 6 rings (SSSR count). The summed E-state index contributed by atoms with van der Waals surface area (Å²) >= 11 is 0. The lowest BCUT2D eigenvalue weighted by atomic mass is 9.50. The van der Waals surface area contributed by atoms with E-state index in [1.54, 1.807) is 6.07 Å². The minimum atomic E-state index is -0.444. The minimum absolute atomic E-state index is 0.0307. The fourth-order valence-electron chi connectivity index (χ4n) is 8.97. The van der Waals surface area contributed by atoms with Gasteiger partial charge in [-0.3, -0.25) is 14.5 Å². The molecule has 43 heavy (non-hydrogen) atoms. The first kappa shape index (κ1) is 29.7. The minimum Gasteiger partial charge on any atom is -0.508 e. The van der Waals surface area contributed by atoms with Gasteiger partial charge in [-0.25, -0.2) is 0 Å². The van der Waals surface area contributed by atoms with E-state index in [0.717, 1.165) is 75.6 Å². The number of aromatic hydroxyl groups is 1. The number of carbonyl (C=O) groups excluding carboxylic acids is 2. The molecule has 2 heterocycles. The van der Waals surface area contributed by atoms with Crippen molar-refractivity contribution in [3.63, 3.8) is 0 Å². The van der Waals surface area contributed by atoms with E-state index in [0.29, 0.717) is 18.1 Å². The Labute approximate surface area is 255 Å². The van der Waals surface area contributed by atoms with Crippen LogP contribution in [0.3, 0.4) is 0 Å². The molecule has 1 N–H and O–H groups in total. The second kappa shape index (κ2) is 12.0. The lowest BCUT2D eigenvalue weighted by Gasteiger charge is -2.60. The highest BCUT2D eigenvalue weighted by Gasteiger charge is 2.67. The Kier molecular flexibility index (Phi) is 8.29. The number of likely N-dealkylation sites (tertiary alicyclic amines) is 1. The fraction of sp³-hybridized carbons (Fsp3) is 0.556. The molecule has 2 aromatic carbocycles. The summed E-state index contributed by atoms with van der Waals surface area (Å²) in [6, 6.07) is 12.3. The summed E-state index contributed by atoms with van der Waals surface area (Å²) in [5.41, 5.74) is 2.93. The van der Waals surface area contributed by atoms with Crippen LogP contribution in [0.2, 0.25) is 0 Å². The van der Waals surface area contributed by atoms with Crippen molar-refractivity contribution in [1.82, 2.24) is 9.80 Å². The molecule has 2 aliphatic carbocycles. The van der Waals surface area contributed by atoms with Gasteiger partial charge in [0.05, 0.1) is 6.04 Å². The maximum atomic E-state index is 14.0. The summed E-state index contributed by atoms with van der Waals surface area (Å²) in [5.74, 6) is 1.12. The average molecular weight is 587 g/mol. The van der Waals surface area contributed by atoms with Crippen LogP contribution in [0, 0.1) is 5.92 Å². The molecule has 1 saturated carbocycles. The lowest BCUT2D eigenvalue weighted by Crippen LogP contribution is -2.69. The van der Waals surface area contributed by atoms with E-state index >= 15 is 0 Å². The molecule has 7 nitrogen and oxygen atoms in total. The van der Waals surface area contributed by atoms with Crippen LogP contribution in [-0.4, -0.2) is 64.1 Å². The molecule has 2 aliphatic heterocycles. The molecule has 0 radical (unpaired) electrons. The van der Waals surface area contributed by atoms with Gasteiger partial charge < -0.3 is 19.5 Å². The number of hydrogen-bond acceptors (Lipinski definition) is 6. The summed E-state index contributed by atoms with van der Waals surface area (Å²) in [5, 5.41) is 11.3. The second-order valence-electron chi connectivity index (χ2n) is 13.2. The van der Waals surface area contributed by atoms with E-state index in [4.69, 9.17) is 9.47 Å². The van der Waals surface area contributed by atoms with E-state index in [1.165, 1.54) is 12.5 Å². The summed E-state index contributed by atoms with van der Waals surface area (Å²) in [4.78, 5) is 30.6. The monoisotopic (exact) mass is 586 g/mol. The largest absolute Gasteiger partial charge is 0.508 e. The predicted molar refractivity (Wildman–Crippen MR) is 166 cm³/mol. The summed E-state index contributed by atoms with van der Waals surface area (Å²) in [6.07, 6.45) is 9.68. The second-order valence-corrected chi connectivity index (χ2v) is 13.2. The Morgan fingerprint density at radius 1 is 1.21 bits per heavy atom. The van der Waals surface area contributed by atoms with Crippen LogP contribution < -0.4 is 9.47 Å². The summed E-state index contributed by atoms with van der Waals surface area (Å²) < 4.78 is 12.5. The van der Waals surface area contributed by atoms with Crippen LogP contribution in [0.15, 0.2) is 49.1 Å². The molecule has 5 atom stereocenters. The van der Waals surface area contributed by atoms with E-state index in [9.17, 15) is 14.7 Å². The van der Waals surface area contributed by atoms with Gasteiger partial charge in [0.1, 0.15) is 11.9 Å². The van der Waals surface area contributed by atoms with Crippen LogP contribution in [0.4, 0.5) is 0 Å². The van der Waals surface area contributed by atoms with Crippen molar-refractivity contribution < 1.29 is 24.2 Å². The van der Waals surface area contributed by atoms with E-state index in [-0.39, 0.29) is 47.1 Å². The number of carbonyl (C=O) groups is 2. The SMILES string of the molecule is C=CCN1CC[C@]23c4c5c(O)cc(OC(C)=O)c4O[C@H]2[C@H](N(C(=O)CCCCCc2ccccc2)C(C)C)CC[C@H]3[C@H]1C5. The fourth-order valence-corrected chi connectivity index (χ4v) is 8.97. The molecule has 2 aromatic rings. The maximum Gasteiger partial charge on any atom is 0.308 e. The third-order valence-corrected chi connectivity index (χ3v) is 10.5. The van der Waals surface area contributed by atoms with Crippen molar-refractivity contribution in [2.45, 2.75) is 108 Å². The number of nitrogens with zero attached hydrogens (tertiary/aromatic N) is 2. The Morgan fingerprint density at radius 2 is 2.00 bits per heavy atom. The molecule has 2 fully saturated rings. The number of piperidine rings is 1. The van der Waals surface area contributed by atoms with Gasteiger partial charge in [0, 0.05) is 54.6 Å². The highest BCUT2D eigenvalue weighted by Crippen LogP contribution is 2.65. The van der Waals surface area contributed by atoms with Crippen LogP contribution in [0.25, 0.3) is 0 Å². The van der Waals surface area contributed by atoms with Gasteiger partial charge in [-0.1, -0.05) is 42.8 Å². The van der Waals surface area contributed by atoms with E-state index < -0.39 is 5.97 Å². The van der Waals surface area contributed by atoms with Gasteiger partial charge in [-0.15, -0.1) is 6.58 Å². The zero-order valence-electron chi connectivity index (χ0n) is 25.9. The van der Waals surface area contributed by atoms with Crippen molar-refractivity contribution in [2.24, 2.45) is 5.92 Å². The van der Waals surface area contributed by atoms with E-state index in [1.807, 2.05) is 12.1 Å². The molecule has 0 aromatic heterocycles. The number of phenolic OH excluding ortho intramolecular Hbond substituents is 1. The standard InChI is InChI=1S/C36H46N2O5/c1-5-19-37-20-18-36-27-16-17-28(38(23(2)3)32(41)15-11-7-10-14-25-12-8-6-9-13-25)35(36)43-34-31(42-24(4)39)22-30(40)26(33(34)36)21-29(27)37/h5-6,8-9,12-13,22-23,27-29,35,40H,1,7,10-11,14-21H2,2-4H3/t27-,28+,29+,35-,36-/m0/s1. The van der Waals surface area contributed by atoms with Gasteiger partial charge in [-0.05, 0) is 76.8 Å². The molecular formula is C36H46N2O5. The smallest absolute Gasteiger partial charge is 0.308 e. The number of aryl methyl sites for hydroxylation is 1. The summed E-state index contributed by atoms with van der Waals surface area (Å²) in [6.45, 7) is 11.3. The first-order valence-corrected chi connectivity index (χ1v) is 16.2. The molecule has 1 saturated heterocycles. The van der Waals surface area contributed by atoms with E-state index in [2.05, 4.69) is 54.5 Å². The zero-order chi connectivity index (χ0) is 30.3. The van der Waals surface area contributed by atoms with Crippen molar-refractivity contribution >= 4 is 11.9 Å². The Balaban J connectivity index is 1.28. The molecule has 0 unspecified atom stereocenters. The van der Waals surface area contributed by atoms with Crippen LogP contribution >= 0.6 is 0 Å². The van der Waals surface area contributed by atoms with Crippen LogP contribution in [0.1, 0.15) is 82.4 Å². The Morgan fingerprint density at radius 3 is 2.72 bits per heavy atom. The number of ether oxygens (including phenoxy) is 2. The van der Waals surface area contributed by atoms with Gasteiger partial charge in [0.25, 0.3) is 0 Å². The molecule has 1 amide bonds. The van der Waals surface area contributed by atoms with Crippen molar-refractivity contribution in [1.29, 1.82) is 0 Å². The first-order chi connectivity index (χ1) is 20.8. The Hall–Kier alpha value is -3.32. The quantitative estimate of drug-likeness (QED) is 0.152. The Bertz CT molecular complexity index is 1370. The number of benzene rings is 2. The molecule has 1 spiro atoms. The molecule has 230 valence electrons. The number of rotatable bonds is 11. The maximum absolute atomic E-state index is 14.0. The number of esters is 1. The predicted octanol–water partition coefficient (Wildman–Crippen LogP) is 5.95. The number of amides is 1. The van der Waals surface area contributed by atoms with Crippen LogP contribution in [-0.2, 0) is 27.8 Å². The normalized spacial score (nSPS) is 26.9. The molecule has 7 heteroatoms. The molecule has 4 aliphatic rings. The molecule has 2 bridgehead atoms. The number of phenols is 1. The van der Waals surface area contributed by atoms with Crippen LogP contribution in [0.5, 0.6) is 17.2 Å². The zero-order valence-corrected chi connectivity index (χ0v) is 25.9. The number of hydrogen-bond donors (Lipinski definition) is 1.